The molecule has 144 valence electrons. The number of carbonyl (C=O) groups is 1. The van der Waals surface area contributed by atoms with Crippen LogP contribution in [0.25, 0.3) is 0 Å². The molecule has 1 aliphatic heterocycles. The molecule has 1 saturated heterocycles. The molecule has 2 aromatic rings. The number of carbonyl (C=O) groups excluding carboxylic acids is 1. The van der Waals surface area contributed by atoms with E-state index in [0.29, 0.717) is 6.54 Å². The predicted octanol–water partition coefficient (Wildman–Crippen LogP) is 4.88. The molecule has 27 heavy (non-hydrogen) atoms. The number of rotatable bonds is 4. The molecule has 1 unspecified atom stereocenters. The van der Waals surface area contributed by atoms with Gasteiger partial charge in [0.15, 0.2) is 0 Å². The topological polar surface area (TPSA) is 47.6 Å². The van der Waals surface area contributed by atoms with E-state index in [0.717, 1.165) is 11.1 Å². The van der Waals surface area contributed by atoms with Crippen molar-refractivity contribution in [1.29, 1.82) is 0 Å². The van der Waals surface area contributed by atoms with Crippen LogP contribution in [0.3, 0.4) is 0 Å². The van der Waals surface area contributed by atoms with Gasteiger partial charge in [-0.25, -0.2) is 4.79 Å². The van der Waals surface area contributed by atoms with E-state index in [2.05, 4.69) is 50.4 Å². The Balaban J connectivity index is 2.17. The van der Waals surface area contributed by atoms with Crippen molar-refractivity contribution in [2.24, 2.45) is 5.41 Å². The van der Waals surface area contributed by atoms with Crippen LogP contribution in [0.15, 0.2) is 60.7 Å². The van der Waals surface area contributed by atoms with Crippen molar-refractivity contribution >= 4 is 6.09 Å². The smallest absolute Gasteiger partial charge is 0.407 e. The fraction of sp³-hybridized carbons (Fsp3) is 0.435. The number of ether oxygens (including phenoxy) is 2. The van der Waals surface area contributed by atoms with Crippen LogP contribution in [0.5, 0.6) is 0 Å². The van der Waals surface area contributed by atoms with E-state index in [1.54, 1.807) is 0 Å². The fourth-order valence-corrected chi connectivity index (χ4v) is 3.85. The Morgan fingerprint density at radius 3 is 1.85 bits per heavy atom. The van der Waals surface area contributed by atoms with E-state index in [4.69, 9.17) is 9.47 Å². The summed E-state index contributed by atoms with van der Waals surface area (Å²) in [5, 5.41) is 2.78. The molecule has 0 bridgehead atoms. The third kappa shape index (κ3) is 3.59. The summed E-state index contributed by atoms with van der Waals surface area (Å²) in [5.41, 5.74) is 0.464. The van der Waals surface area contributed by atoms with E-state index in [1.165, 1.54) is 0 Å². The molecule has 3 rings (SSSR count). The minimum absolute atomic E-state index is 0.257. The fourth-order valence-electron chi connectivity index (χ4n) is 3.85. The second-order valence-corrected chi connectivity index (χ2v) is 8.64. The summed E-state index contributed by atoms with van der Waals surface area (Å²) in [4.78, 5) is 11.7. The lowest BCUT2D eigenvalue weighted by atomic mass is 9.67. The second kappa shape index (κ2) is 7.01. The quantitative estimate of drug-likeness (QED) is 0.838. The van der Waals surface area contributed by atoms with Gasteiger partial charge in [0.2, 0.25) is 0 Å². The van der Waals surface area contributed by atoms with Gasteiger partial charge in [0, 0.05) is 0 Å². The highest BCUT2D eigenvalue weighted by atomic mass is 16.6. The maximum absolute atomic E-state index is 11.7. The molecule has 0 aromatic heterocycles. The van der Waals surface area contributed by atoms with E-state index in [-0.39, 0.29) is 11.5 Å². The summed E-state index contributed by atoms with van der Waals surface area (Å²) >= 11 is 0. The van der Waals surface area contributed by atoms with Crippen LogP contribution in [0.4, 0.5) is 4.79 Å². The predicted molar refractivity (Wildman–Crippen MR) is 107 cm³/mol. The summed E-state index contributed by atoms with van der Waals surface area (Å²) < 4.78 is 12.5. The summed E-state index contributed by atoms with van der Waals surface area (Å²) in [6, 6.07) is 20.6. The van der Waals surface area contributed by atoms with Gasteiger partial charge >= 0.3 is 6.09 Å². The Labute approximate surface area is 161 Å². The highest BCUT2D eigenvalue weighted by Gasteiger charge is 2.51. The molecule has 2 aromatic carbocycles. The Kier molecular flexibility index (Phi) is 5.04. The molecular formula is C23H29NO3. The molecule has 0 radical (unpaired) electrons. The average Bonchev–Trinajstić information content (AvgIpc) is 2.61. The molecule has 0 spiro atoms. The second-order valence-electron chi connectivity index (χ2n) is 8.64. The zero-order valence-electron chi connectivity index (χ0n) is 16.8. The molecule has 0 saturated carbocycles. The lowest BCUT2D eigenvalue weighted by molar-refractivity contribution is -0.194. The number of benzene rings is 2. The van der Waals surface area contributed by atoms with Gasteiger partial charge in [0.1, 0.15) is 17.3 Å². The summed E-state index contributed by atoms with van der Waals surface area (Å²) in [7, 11) is 0. The van der Waals surface area contributed by atoms with Crippen LogP contribution >= 0.6 is 0 Å². The number of alkyl carbamates (subject to hydrolysis) is 1. The van der Waals surface area contributed by atoms with Gasteiger partial charge in [0.25, 0.3) is 0 Å². The number of amides is 1. The molecular weight excluding hydrogens is 338 g/mol. The number of hydrogen-bond acceptors (Lipinski definition) is 3. The normalized spacial score (nSPS) is 19.9. The number of nitrogens with one attached hydrogen (secondary N) is 1. The van der Waals surface area contributed by atoms with Gasteiger partial charge in [0.05, 0.1) is 6.54 Å². The van der Waals surface area contributed by atoms with Crippen LogP contribution < -0.4 is 5.32 Å². The Bertz CT molecular complexity index is 739. The zero-order chi connectivity index (χ0) is 19.7. The zero-order valence-corrected chi connectivity index (χ0v) is 16.8. The molecule has 4 nitrogen and oxygen atoms in total. The average molecular weight is 367 g/mol. The van der Waals surface area contributed by atoms with Gasteiger partial charge in [-0.15, -0.1) is 0 Å². The Morgan fingerprint density at radius 1 is 0.963 bits per heavy atom. The van der Waals surface area contributed by atoms with Crippen molar-refractivity contribution in [1.82, 2.24) is 5.32 Å². The molecule has 4 heteroatoms. The summed E-state index contributed by atoms with van der Waals surface area (Å²) in [6.45, 7) is 10.8. The van der Waals surface area contributed by atoms with E-state index >= 15 is 0 Å². The maximum atomic E-state index is 11.7. The van der Waals surface area contributed by atoms with Crippen LogP contribution in [-0.4, -0.2) is 24.3 Å². The van der Waals surface area contributed by atoms with E-state index in [1.807, 2.05) is 50.2 Å². The van der Waals surface area contributed by atoms with E-state index < -0.39 is 17.3 Å². The first-order chi connectivity index (χ1) is 12.7. The van der Waals surface area contributed by atoms with Crippen molar-refractivity contribution in [3.63, 3.8) is 0 Å². The van der Waals surface area contributed by atoms with Gasteiger partial charge < -0.3 is 14.8 Å². The molecule has 1 aliphatic rings. The molecule has 1 fully saturated rings. The number of cyclic esters (lactones) is 1. The maximum Gasteiger partial charge on any atom is 0.407 e. The first-order valence-corrected chi connectivity index (χ1v) is 9.42. The van der Waals surface area contributed by atoms with Crippen LogP contribution in [-0.2, 0) is 15.1 Å². The lowest BCUT2D eigenvalue weighted by Gasteiger charge is -2.50. The molecule has 1 N–H and O–H groups in total. The van der Waals surface area contributed by atoms with Crippen molar-refractivity contribution in [2.75, 3.05) is 6.54 Å². The highest BCUT2D eigenvalue weighted by Crippen LogP contribution is 2.49. The molecule has 0 aliphatic carbocycles. The SMILES string of the molecule is CC1(C)OC(=O)NCC1OC(c1ccccc1)(c1ccccc1)C(C)(C)C. The first-order valence-electron chi connectivity index (χ1n) is 9.42. The minimum Gasteiger partial charge on any atom is -0.441 e. The van der Waals surface area contributed by atoms with Crippen molar-refractivity contribution < 1.29 is 14.3 Å². The third-order valence-electron chi connectivity index (χ3n) is 5.30. The highest BCUT2D eigenvalue weighted by molar-refractivity contribution is 5.68. The van der Waals surface area contributed by atoms with Gasteiger partial charge in [-0.3, -0.25) is 0 Å². The summed E-state index contributed by atoms with van der Waals surface area (Å²) in [5.74, 6) is 0. The Morgan fingerprint density at radius 2 is 1.44 bits per heavy atom. The summed E-state index contributed by atoms with van der Waals surface area (Å²) in [6.07, 6.45) is -0.713. The van der Waals surface area contributed by atoms with Gasteiger partial charge in [-0.2, -0.15) is 0 Å². The molecule has 1 atom stereocenters. The van der Waals surface area contributed by atoms with Gasteiger partial charge in [-0.05, 0) is 30.4 Å². The van der Waals surface area contributed by atoms with Crippen molar-refractivity contribution in [3.8, 4) is 0 Å². The largest absolute Gasteiger partial charge is 0.441 e. The third-order valence-corrected chi connectivity index (χ3v) is 5.30. The van der Waals surface area contributed by atoms with Crippen LogP contribution in [0.2, 0.25) is 0 Å². The molecule has 1 amide bonds. The standard InChI is InChI=1S/C23H29NO3/c1-21(2,3)23(17-12-8-6-9-13-17,18-14-10-7-11-15-18)26-19-16-24-20(25)27-22(19,4)5/h6-15,19H,16H2,1-5H3,(H,24,25). The molecule has 1 heterocycles. The Hall–Kier alpha value is -2.33. The van der Waals surface area contributed by atoms with Crippen molar-refractivity contribution in [2.45, 2.75) is 51.9 Å². The van der Waals surface area contributed by atoms with E-state index in [9.17, 15) is 4.79 Å². The lowest BCUT2D eigenvalue weighted by Crippen LogP contribution is -2.60. The minimum atomic E-state index is -0.734. The van der Waals surface area contributed by atoms with Gasteiger partial charge in [-0.1, -0.05) is 81.4 Å². The monoisotopic (exact) mass is 367 g/mol. The van der Waals surface area contributed by atoms with Crippen molar-refractivity contribution in [3.05, 3.63) is 71.8 Å². The van der Waals surface area contributed by atoms with Crippen LogP contribution in [0, 0.1) is 5.41 Å². The van der Waals surface area contributed by atoms with Crippen LogP contribution in [0.1, 0.15) is 45.7 Å². The number of hydrogen-bond donors (Lipinski definition) is 1. The first kappa shape index (κ1) is 19.4.